The number of nitrogens with zero attached hydrogens (tertiary/aromatic N) is 1. The van der Waals surface area contributed by atoms with Crippen LogP contribution in [-0.4, -0.2) is 59.3 Å². The van der Waals surface area contributed by atoms with E-state index in [1.54, 1.807) is 25.7 Å². The summed E-state index contributed by atoms with van der Waals surface area (Å²) in [4.78, 5) is 53.5. The number of anilines is 1. The van der Waals surface area contributed by atoms with Gasteiger partial charge in [0.2, 0.25) is 0 Å². The van der Waals surface area contributed by atoms with Crippen LogP contribution in [0.2, 0.25) is 0 Å². The van der Waals surface area contributed by atoms with E-state index in [4.69, 9.17) is 14.2 Å². The fourth-order valence-electron chi connectivity index (χ4n) is 5.64. The Bertz CT molecular complexity index is 1290. The number of rotatable bonds is 8. The molecule has 4 rings (SSSR count). The van der Waals surface area contributed by atoms with Gasteiger partial charge in [-0.05, 0) is 70.2 Å². The first kappa shape index (κ1) is 29.8. The molecule has 220 valence electrons. The molecule has 2 fully saturated rings. The molecular weight excluding hydrogens is 533 g/mol. The van der Waals surface area contributed by atoms with Crippen molar-refractivity contribution in [3.63, 3.8) is 0 Å². The van der Waals surface area contributed by atoms with E-state index in [2.05, 4.69) is 10.6 Å². The average molecular weight is 570 g/mol. The van der Waals surface area contributed by atoms with Crippen LogP contribution >= 0.6 is 0 Å². The molecule has 1 unspecified atom stereocenters. The normalized spacial score (nSPS) is 20.2. The van der Waals surface area contributed by atoms with Crippen LogP contribution in [-0.2, 0) is 25.6 Å². The summed E-state index contributed by atoms with van der Waals surface area (Å²) in [5.41, 5.74) is -0.850. The standard InChI is InChI=1S/C30H36FN3O7/c1-29(2,3)41-27(37)33-23-11-10-20(31)16-22(23)25(35)32-24(26(36)39-4)17-30-14-12-21(13-15-30)34(30)28(38)40-18-19-8-6-5-7-9-19/h5-11,16,21,24H,12-15,17-18H2,1-4H3,(H,32,35)(H,33,37). The zero-order chi connectivity index (χ0) is 29.8. The third kappa shape index (κ3) is 7.14. The molecule has 2 saturated heterocycles. The van der Waals surface area contributed by atoms with Crippen molar-refractivity contribution in [2.75, 3.05) is 12.4 Å². The van der Waals surface area contributed by atoms with Gasteiger partial charge in [0.25, 0.3) is 5.91 Å². The van der Waals surface area contributed by atoms with Crippen LogP contribution in [0.15, 0.2) is 48.5 Å². The Morgan fingerprint density at radius 1 is 1.07 bits per heavy atom. The van der Waals surface area contributed by atoms with Gasteiger partial charge in [-0.3, -0.25) is 15.0 Å². The van der Waals surface area contributed by atoms with Crippen molar-refractivity contribution >= 4 is 29.8 Å². The first-order chi connectivity index (χ1) is 19.4. The molecule has 1 atom stereocenters. The number of hydrogen-bond donors (Lipinski definition) is 2. The lowest BCUT2D eigenvalue weighted by Crippen LogP contribution is -2.52. The molecule has 3 amide bonds. The Balaban J connectivity index is 1.51. The molecule has 0 spiro atoms. The quantitative estimate of drug-likeness (QED) is 0.332. The van der Waals surface area contributed by atoms with Crippen LogP contribution in [0.5, 0.6) is 0 Å². The SMILES string of the molecule is COC(=O)C(CC12CCC(CC1)N2C(=O)OCc1ccccc1)NC(=O)c1cc(F)ccc1NC(=O)OC(C)(C)C. The molecule has 2 bridgehead atoms. The zero-order valence-electron chi connectivity index (χ0n) is 23.7. The molecule has 0 aromatic heterocycles. The van der Waals surface area contributed by atoms with E-state index in [-0.39, 0.29) is 30.3 Å². The number of carbonyl (C=O) groups excluding carboxylic acids is 4. The molecule has 2 N–H and O–H groups in total. The van der Waals surface area contributed by atoms with E-state index >= 15 is 0 Å². The van der Waals surface area contributed by atoms with Gasteiger partial charge < -0.3 is 19.5 Å². The van der Waals surface area contributed by atoms with Crippen molar-refractivity contribution in [3.8, 4) is 0 Å². The summed E-state index contributed by atoms with van der Waals surface area (Å²) in [6, 6.07) is 11.4. The Labute approximate surface area is 238 Å². The van der Waals surface area contributed by atoms with Crippen molar-refractivity contribution in [1.82, 2.24) is 10.2 Å². The predicted octanol–water partition coefficient (Wildman–Crippen LogP) is 5.17. The summed E-state index contributed by atoms with van der Waals surface area (Å²) in [6.45, 7) is 5.16. The number of amides is 3. The summed E-state index contributed by atoms with van der Waals surface area (Å²) >= 11 is 0. The lowest BCUT2D eigenvalue weighted by molar-refractivity contribution is -0.143. The van der Waals surface area contributed by atoms with E-state index < -0.39 is 47.1 Å². The zero-order valence-corrected chi connectivity index (χ0v) is 23.7. The van der Waals surface area contributed by atoms with Crippen molar-refractivity contribution < 1.29 is 37.8 Å². The predicted molar refractivity (Wildman–Crippen MR) is 148 cm³/mol. The first-order valence-corrected chi connectivity index (χ1v) is 13.6. The van der Waals surface area contributed by atoms with Gasteiger partial charge in [0, 0.05) is 18.0 Å². The summed E-state index contributed by atoms with van der Waals surface area (Å²) in [7, 11) is 1.20. The number of hydrogen-bond acceptors (Lipinski definition) is 7. The molecule has 2 aromatic rings. The van der Waals surface area contributed by atoms with Crippen LogP contribution in [0.4, 0.5) is 19.7 Å². The fraction of sp³-hybridized carbons (Fsp3) is 0.467. The third-order valence-electron chi connectivity index (χ3n) is 7.40. The third-order valence-corrected chi connectivity index (χ3v) is 7.40. The Morgan fingerprint density at radius 2 is 1.76 bits per heavy atom. The molecular formula is C30H36FN3O7. The van der Waals surface area contributed by atoms with Crippen molar-refractivity contribution in [2.45, 2.75) is 82.7 Å². The van der Waals surface area contributed by atoms with Crippen LogP contribution in [0.25, 0.3) is 0 Å². The lowest BCUT2D eigenvalue weighted by atomic mass is 9.82. The van der Waals surface area contributed by atoms with Crippen LogP contribution < -0.4 is 10.6 Å². The average Bonchev–Trinajstić information content (AvgIpc) is 3.46. The largest absolute Gasteiger partial charge is 0.467 e. The highest BCUT2D eigenvalue weighted by atomic mass is 19.1. The van der Waals surface area contributed by atoms with Gasteiger partial charge in [0.1, 0.15) is 24.1 Å². The Morgan fingerprint density at radius 3 is 2.39 bits per heavy atom. The summed E-state index contributed by atoms with van der Waals surface area (Å²) < 4.78 is 30.0. The number of esters is 1. The molecule has 10 nitrogen and oxygen atoms in total. The lowest BCUT2D eigenvalue weighted by Gasteiger charge is -2.36. The second kappa shape index (κ2) is 12.2. The molecule has 0 radical (unpaired) electrons. The minimum Gasteiger partial charge on any atom is -0.467 e. The summed E-state index contributed by atoms with van der Waals surface area (Å²) in [5, 5.41) is 5.11. The Hall–Kier alpha value is -4.15. The molecule has 2 aromatic carbocycles. The molecule has 0 aliphatic carbocycles. The van der Waals surface area contributed by atoms with Gasteiger partial charge in [-0.25, -0.2) is 18.8 Å². The van der Waals surface area contributed by atoms with Gasteiger partial charge in [-0.1, -0.05) is 30.3 Å². The maximum Gasteiger partial charge on any atom is 0.412 e. The number of ether oxygens (including phenoxy) is 3. The monoisotopic (exact) mass is 569 g/mol. The highest BCUT2D eigenvalue weighted by molar-refractivity contribution is 6.04. The summed E-state index contributed by atoms with van der Waals surface area (Å²) in [5.74, 6) is -2.22. The smallest absolute Gasteiger partial charge is 0.412 e. The number of benzene rings is 2. The molecule has 2 heterocycles. The van der Waals surface area contributed by atoms with E-state index in [9.17, 15) is 23.6 Å². The van der Waals surface area contributed by atoms with Crippen LogP contribution in [0.3, 0.4) is 0 Å². The van der Waals surface area contributed by atoms with E-state index in [1.807, 2.05) is 30.3 Å². The van der Waals surface area contributed by atoms with Gasteiger partial charge in [0.15, 0.2) is 0 Å². The van der Waals surface area contributed by atoms with Gasteiger partial charge >= 0.3 is 18.2 Å². The number of carbonyl (C=O) groups is 4. The van der Waals surface area contributed by atoms with Crippen molar-refractivity contribution in [1.29, 1.82) is 0 Å². The van der Waals surface area contributed by atoms with Gasteiger partial charge in [-0.15, -0.1) is 0 Å². The maximum atomic E-state index is 14.2. The van der Waals surface area contributed by atoms with E-state index in [0.717, 1.165) is 30.5 Å². The number of halogens is 1. The molecule has 0 saturated carbocycles. The van der Waals surface area contributed by atoms with E-state index in [1.165, 1.54) is 13.2 Å². The highest BCUT2D eigenvalue weighted by Crippen LogP contribution is 2.49. The van der Waals surface area contributed by atoms with E-state index in [0.29, 0.717) is 12.8 Å². The highest BCUT2D eigenvalue weighted by Gasteiger charge is 2.56. The van der Waals surface area contributed by atoms with Gasteiger partial charge in [-0.2, -0.15) is 0 Å². The number of fused-ring (bicyclic) bond motifs is 2. The summed E-state index contributed by atoms with van der Waals surface area (Å²) in [6.07, 6.45) is 1.55. The molecule has 2 aliphatic rings. The minimum atomic E-state index is -1.15. The first-order valence-electron chi connectivity index (χ1n) is 13.6. The maximum absolute atomic E-state index is 14.2. The van der Waals surface area contributed by atoms with Gasteiger partial charge in [0.05, 0.1) is 18.4 Å². The second-order valence-corrected chi connectivity index (χ2v) is 11.4. The molecule has 41 heavy (non-hydrogen) atoms. The molecule has 2 aliphatic heterocycles. The Kier molecular flexibility index (Phi) is 8.84. The topological polar surface area (TPSA) is 123 Å². The minimum absolute atomic E-state index is 0.00726. The van der Waals surface area contributed by atoms with Crippen molar-refractivity contribution in [3.05, 3.63) is 65.5 Å². The second-order valence-electron chi connectivity index (χ2n) is 11.4. The molecule has 11 heteroatoms. The fourth-order valence-corrected chi connectivity index (χ4v) is 5.64. The number of methoxy groups -OCH3 is 1. The van der Waals surface area contributed by atoms with Crippen molar-refractivity contribution in [2.24, 2.45) is 0 Å². The van der Waals surface area contributed by atoms with Crippen LogP contribution in [0, 0.1) is 5.82 Å². The number of nitrogens with one attached hydrogen (secondary N) is 2. The van der Waals surface area contributed by atoms with Crippen LogP contribution in [0.1, 0.15) is 68.8 Å².